The summed E-state index contributed by atoms with van der Waals surface area (Å²) in [5, 5.41) is 12.0. The average Bonchev–Trinajstić information content (AvgIpc) is 2.81. The highest BCUT2D eigenvalue weighted by Gasteiger charge is 2.55. The van der Waals surface area contributed by atoms with Gasteiger partial charge in [0.2, 0.25) is 0 Å². The van der Waals surface area contributed by atoms with Crippen molar-refractivity contribution in [3.05, 3.63) is 71.8 Å². The van der Waals surface area contributed by atoms with Crippen LogP contribution in [0.3, 0.4) is 0 Å². The second-order valence-electron chi connectivity index (χ2n) is 8.75. The smallest absolute Gasteiger partial charge is 0.122 e. The molecule has 1 aliphatic heterocycles. The van der Waals surface area contributed by atoms with Crippen molar-refractivity contribution in [2.45, 2.75) is 76.2 Å². The standard InChI is InChI=1S/C26H34O4/c1-20-26(27,23-15-9-4-10-16-23)25(30-18-22-13-7-3-8-14-22)24(19-28-20)29-17-21-11-5-2-6-12-21/h2-3,5-8,11-14,20,23-25,27H,4,9-10,15-19H2,1H3/t20?,24?,25-,26+/m1/s1. The van der Waals surface area contributed by atoms with Crippen LogP contribution in [0.2, 0.25) is 0 Å². The Morgan fingerprint density at radius 2 is 1.43 bits per heavy atom. The maximum atomic E-state index is 12.0. The van der Waals surface area contributed by atoms with E-state index in [0.29, 0.717) is 19.8 Å². The molecule has 2 aromatic rings. The van der Waals surface area contributed by atoms with E-state index in [1.165, 1.54) is 6.42 Å². The summed E-state index contributed by atoms with van der Waals surface area (Å²) in [5.74, 6) is 0.171. The predicted octanol–water partition coefficient (Wildman–Crippen LogP) is 4.89. The number of hydrogen-bond donors (Lipinski definition) is 1. The molecule has 0 amide bonds. The van der Waals surface area contributed by atoms with E-state index in [-0.39, 0.29) is 18.1 Å². The van der Waals surface area contributed by atoms with Crippen LogP contribution in [0.15, 0.2) is 60.7 Å². The maximum absolute atomic E-state index is 12.0. The second-order valence-corrected chi connectivity index (χ2v) is 8.75. The van der Waals surface area contributed by atoms with Gasteiger partial charge < -0.3 is 19.3 Å². The van der Waals surface area contributed by atoms with Crippen LogP contribution >= 0.6 is 0 Å². The molecule has 4 rings (SSSR count). The van der Waals surface area contributed by atoms with Crippen molar-refractivity contribution in [1.29, 1.82) is 0 Å². The zero-order valence-electron chi connectivity index (χ0n) is 17.9. The minimum atomic E-state index is -1.05. The fraction of sp³-hybridized carbons (Fsp3) is 0.538. The predicted molar refractivity (Wildman–Crippen MR) is 117 cm³/mol. The average molecular weight is 411 g/mol. The molecular formula is C26H34O4. The third kappa shape index (κ3) is 4.78. The highest BCUT2D eigenvalue weighted by atomic mass is 16.6. The first-order valence-electron chi connectivity index (χ1n) is 11.3. The summed E-state index contributed by atoms with van der Waals surface area (Å²) < 4.78 is 18.8. The molecule has 1 aliphatic carbocycles. The van der Waals surface area contributed by atoms with E-state index >= 15 is 0 Å². The first-order chi connectivity index (χ1) is 14.7. The van der Waals surface area contributed by atoms with Crippen LogP contribution in [-0.2, 0) is 27.4 Å². The van der Waals surface area contributed by atoms with Gasteiger partial charge in [0, 0.05) is 0 Å². The van der Waals surface area contributed by atoms with E-state index in [4.69, 9.17) is 14.2 Å². The lowest BCUT2D eigenvalue weighted by molar-refractivity contribution is -0.285. The molecule has 0 spiro atoms. The van der Waals surface area contributed by atoms with E-state index in [1.54, 1.807) is 0 Å². The molecular weight excluding hydrogens is 376 g/mol. The lowest BCUT2D eigenvalue weighted by Gasteiger charge is -2.52. The Hall–Kier alpha value is -1.72. The lowest BCUT2D eigenvalue weighted by atomic mass is 9.69. The summed E-state index contributed by atoms with van der Waals surface area (Å²) in [6, 6.07) is 20.3. The minimum absolute atomic E-state index is 0.171. The van der Waals surface area contributed by atoms with Gasteiger partial charge in [0.1, 0.15) is 17.8 Å². The van der Waals surface area contributed by atoms with E-state index in [0.717, 1.165) is 36.8 Å². The van der Waals surface area contributed by atoms with Gasteiger partial charge in [-0.15, -0.1) is 0 Å². The second kappa shape index (κ2) is 10.1. The van der Waals surface area contributed by atoms with Crippen LogP contribution in [0.4, 0.5) is 0 Å². The first-order valence-corrected chi connectivity index (χ1v) is 11.3. The van der Waals surface area contributed by atoms with Crippen LogP contribution in [0.25, 0.3) is 0 Å². The molecule has 2 aromatic carbocycles. The van der Waals surface area contributed by atoms with E-state index in [9.17, 15) is 5.11 Å². The molecule has 1 saturated heterocycles. The summed E-state index contributed by atoms with van der Waals surface area (Å²) in [5.41, 5.74) is 1.16. The van der Waals surface area contributed by atoms with Crippen LogP contribution in [0.5, 0.6) is 0 Å². The monoisotopic (exact) mass is 410 g/mol. The summed E-state index contributed by atoms with van der Waals surface area (Å²) in [6.07, 6.45) is 4.57. The van der Waals surface area contributed by atoms with Gasteiger partial charge in [-0.2, -0.15) is 0 Å². The van der Waals surface area contributed by atoms with Crippen LogP contribution in [0.1, 0.15) is 50.2 Å². The molecule has 1 saturated carbocycles. The van der Waals surface area contributed by atoms with Crippen molar-refractivity contribution in [2.24, 2.45) is 5.92 Å². The largest absolute Gasteiger partial charge is 0.384 e. The fourth-order valence-electron chi connectivity index (χ4n) is 5.03. The summed E-state index contributed by atoms with van der Waals surface area (Å²) in [7, 11) is 0. The molecule has 2 aliphatic rings. The number of hydrogen-bond acceptors (Lipinski definition) is 4. The highest BCUT2D eigenvalue weighted by Crippen LogP contribution is 2.43. The molecule has 2 fully saturated rings. The number of aliphatic hydroxyl groups is 1. The van der Waals surface area contributed by atoms with Crippen molar-refractivity contribution < 1.29 is 19.3 Å². The summed E-state index contributed by atoms with van der Waals surface area (Å²) in [6.45, 7) is 3.36. The summed E-state index contributed by atoms with van der Waals surface area (Å²) in [4.78, 5) is 0. The molecule has 0 aromatic heterocycles. The minimum Gasteiger partial charge on any atom is -0.384 e. The maximum Gasteiger partial charge on any atom is 0.122 e. The van der Waals surface area contributed by atoms with E-state index in [1.807, 2.05) is 43.3 Å². The zero-order chi connectivity index (χ0) is 20.8. The zero-order valence-corrected chi connectivity index (χ0v) is 17.9. The fourth-order valence-corrected chi connectivity index (χ4v) is 5.03. The Labute approximate surface area is 180 Å². The lowest BCUT2D eigenvalue weighted by Crippen LogP contribution is -2.67. The van der Waals surface area contributed by atoms with Crippen LogP contribution in [0, 0.1) is 5.92 Å². The molecule has 1 heterocycles. The van der Waals surface area contributed by atoms with Gasteiger partial charge in [0.25, 0.3) is 0 Å². The van der Waals surface area contributed by atoms with Gasteiger partial charge in [-0.1, -0.05) is 79.9 Å². The molecule has 4 nitrogen and oxygen atoms in total. The van der Waals surface area contributed by atoms with Crippen molar-refractivity contribution in [3.63, 3.8) is 0 Å². The number of rotatable bonds is 7. The van der Waals surface area contributed by atoms with Gasteiger partial charge >= 0.3 is 0 Å². The number of ether oxygens (including phenoxy) is 3. The summed E-state index contributed by atoms with van der Waals surface area (Å²) >= 11 is 0. The molecule has 4 heteroatoms. The molecule has 4 atom stereocenters. The first kappa shape index (κ1) is 21.5. The molecule has 0 bridgehead atoms. The van der Waals surface area contributed by atoms with Gasteiger partial charge in [-0.05, 0) is 36.8 Å². The molecule has 0 radical (unpaired) electrons. The third-order valence-corrected chi connectivity index (χ3v) is 6.79. The third-order valence-electron chi connectivity index (χ3n) is 6.79. The van der Waals surface area contributed by atoms with Gasteiger partial charge in [-0.25, -0.2) is 0 Å². The van der Waals surface area contributed by atoms with E-state index < -0.39 is 11.7 Å². The SMILES string of the molecule is CC1OCC(OCc2ccccc2)[C@@H](OCc2ccccc2)[C@@]1(O)C1CCCCC1. The Balaban J connectivity index is 1.55. The van der Waals surface area contributed by atoms with Gasteiger partial charge in [0.15, 0.2) is 0 Å². The Morgan fingerprint density at radius 1 is 0.867 bits per heavy atom. The molecule has 30 heavy (non-hydrogen) atoms. The van der Waals surface area contributed by atoms with Crippen molar-refractivity contribution in [1.82, 2.24) is 0 Å². The highest BCUT2D eigenvalue weighted by molar-refractivity contribution is 5.15. The Kier molecular flexibility index (Phi) is 7.21. The van der Waals surface area contributed by atoms with Crippen LogP contribution in [-0.4, -0.2) is 35.6 Å². The van der Waals surface area contributed by atoms with Crippen molar-refractivity contribution >= 4 is 0 Å². The van der Waals surface area contributed by atoms with Gasteiger partial charge in [-0.3, -0.25) is 0 Å². The Morgan fingerprint density at radius 3 is 2.03 bits per heavy atom. The molecule has 1 N–H and O–H groups in total. The topological polar surface area (TPSA) is 47.9 Å². The van der Waals surface area contributed by atoms with Crippen molar-refractivity contribution in [2.75, 3.05) is 6.61 Å². The van der Waals surface area contributed by atoms with Crippen LogP contribution < -0.4 is 0 Å². The molecule has 2 unspecified atom stereocenters. The Bertz CT molecular complexity index is 759. The van der Waals surface area contributed by atoms with Crippen molar-refractivity contribution in [3.8, 4) is 0 Å². The normalized spacial score (nSPS) is 30.3. The quantitative estimate of drug-likeness (QED) is 0.706. The molecule has 162 valence electrons. The van der Waals surface area contributed by atoms with E-state index in [2.05, 4.69) is 24.3 Å². The van der Waals surface area contributed by atoms with Gasteiger partial charge in [0.05, 0.1) is 25.9 Å². The number of benzene rings is 2.